The molecule has 57 heavy (non-hydrogen) atoms. The van der Waals surface area contributed by atoms with Crippen LogP contribution >= 0.6 is 11.3 Å². The fraction of sp³-hybridized carbons (Fsp3) is 0.595. The van der Waals surface area contributed by atoms with Crippen molar-refractivity contribution in [1.82, 2.24) is 5.32 Å². The minimum atomic E-state index is -2.32. The molecule has 5 N–H and O–H groups in total. The number of ether oxygens (including phenoxy) is 4. The third-order valence-electron chi connectivity index (χ3n) is 12.9. The molecule has 4 aliphatic rings. The average molecular weight is 812 g/mol. The van der Waals surface area contributed by atoms with Gasteiger partial charge in [-0.25, -0.2) is 9.59 Å². The Bertz CT molecular complexity index is 1980. The average Bonchev–Trinajstić information content (AvgIpc) is 3.57. The topological polar surface area (TPSA) is 215 Å². The zero-order valence-corrected chi connectivity index (χ0v) is 34.5. The van der Waals surface area contributed by atoms with Crippen LogP contribution in [-0.4, -0.2) is 110 Å². The van der Waals surface area contributed by atoms with Crippen LogP contribution in [0.3, 0.4) is 0 Å². The van der Waals surface area contributed by atoms with E-state index in [9.17, 15) is 44.4 Å². The molecule has 1 unspecified atom stereocenters. The van der Waals surface area contributed by atoms with Crippen molar-refractivity contribution in [3.63, 3.8) is 0 Å². The van der Waals surface area contributed by atoms with E-state index in [0.29, 0.717) is 4.88 Å². The van der Waals surface area contributed by atoms with Crippen LogP contribution in [0.1, 0.15) is 93.1 Å². The Morgan fingerprint density at radius 1 is 1.00 bits per heavy atom. The lowest BCUT2D eigenvalue weighted by Gasteiger charge is -2.67. The van der Waals surface area contributed by atoms with Crippen LogP contribution in [0.4, 0.5) is 0 Å². The van der Waals surface area contributed by atoms with Gasteiger partial charge in [0.2, 0.25) is 0 Å². The number of aliphatic hydroxyl groups excluding tert-OH is 3. The maximum atomic E-state index is 14.9. The summed E-state index contributed by atoms with van der Waals surface area (Å²) in [6, 6.07) is 10.2. The van der Waals surface area contributed by atoms with Crippen molar-refractivity contribution in [3.05, 3.63) is 68.9 Å². The molecule has 2 heterocycles. The third-order valence-corrected chi connectivity index (χ3v) is 13.9. The number of fused-ring (bicyclic) bond motifs is 5. The van der Waals surface area contributed by atoms with Crippen molar-refractivity contribution in [3.8, 4) is 0 Å². The summed E-state index contributed by atoms with van der Waals surface area (Å²) in [7, 11) is 0. The zero-order chi connectivity index (χ0) is 42.2. The zero-order valence-electron chi connectivity index (χ0n) is 33.7. The van der Waals surface area contributed by atoms with Crippen molar-refractivity contribution in [1.29, 1.82) is 0 Å². The van der Waals surface area contributed by atoms with Crippen molar-refractivity contribution >= 4 is 40.9 Å². The summed E-state index contributed by atoms with van der Waals surface area (Å²) in [4.78, 5) is 70.4. The maximum absolute atomic E-state index is 14.9. The minimum absolute atomic E-state index is 0.0385. The van der Waals surface area contributed by atoms with Gasteiger partial charge in [0.25, 0.3) is 5.91 Å². The predicted octanol–water partition coefficient (Wildman–Crippen LogP) is 3.21. The molecule has 310 valence electrons. The number of aryl methyl sites for hydroxylation is 1. The molecule has 2 aromatic rings. The lowest BCUT2D eigenvalue weighted by atomic mass is 9.44. The summed E-state index contributed by atoms with van der Waals surface area (Å²) in [6.07, 6.45) is -10.3. The molecule has 1 saturated heterocycles. The number of thiophene rings is 1. The van der Waals surface area contributed by atoms with Crippen LogP contribution in [0, 0.1) is 29.1 Å². The first-order valence-electron chi connectivity index (χ1n) is 19.1. The first-order valence-corrected chi connectivity index (χ1v) is 19.9. The van der Waals surface area contributed by atoms with Gasteiger partial charge in [0.1, 0.15) is 30.0 Å². The van der Waals surface area contributed by atoms with Crippen molar-refractivity contribution in [2.75, 3.05) is 6.61 Å². The predicted molar refractivity (Wildman–Crippen MR) is 205 cm³/mol. The van der Waals surface area contributed by atoms with E-state index in [1.54, 1.807) is 65.0 Å². The van der Waals surface area contributed by atoms with E-state index >= 15 is 0 Å². The second-order valence-electron chi connectivity index (χ2n) is 17.8. The molecule has 3 fully saturated rings. The Hall–Kier alpha value is -3.99. The van der Waals surface area contributed by atoms with E-state index in [-0.39, 0.29) is 29.7 Å². The highest BCUT2D eigenvalue weighted by Crippen LogP contribution is 2.64. The molecular formula is C42H53NO13S. The van der Waals surface area contributed by atoms with Gasteiger partial charge in [0, 0.05) is 30.1 Å². The molecule has 14 nitrogen and oxygen atoms in total. The number of hydrogen-bond donors (Lipinski definition) is 5. The maximum Gasteiger partial charge on any atom is 0.338 e. The lowest BCUT2D eigenvalue weighted by molar-refractivity contribution is -0.346. The molecule has 1 aromatic heterocycles. The van der Waals surface area contributed by atoms with E-state index in [0.717, 1.165) is 11.8 Å². The quantitative estimate of drug-likeness (QED) is 0.147. The van der Waals surface area contributed by atoms with Crippen LogP contribution < -0.4 is 5.32 Å². The van der Waals surface area contributed by atoms with Gasteiger partial charge in [-0.05, 0) is 61.6 Å². The first-order chi connectivity index (χ1) is 26.4. The molecule has 6 rings (SSSR count). The highest BCUT2D eigenvalue weighted by atomic mass is 32.1. The monoisotopic (exact) mass is 811 g/mol. The van der Waals surface area contributed by atoms with Gasteiger partial charge in [-0.2, -0.15) is 0 Å². The van der Waals surface area contributed by atoms with E-state index in [1.807, 2.05) is 6.92 Å². The number of Topliss-reactive ketones (excluding diaryl/α,β-unsaturated/α-hetero) is 1. The van der Waals surface area contributed by atoms with Crippen molar-refractivity contribution < 1.29 is 63.3 Å². The molecule has 0 radical (unpaired) electrons. The molecular weight excluding hydrogens is 759 g/mol. The van der Waals surface area contributed by atoms with E-state index in [1.165, 1.54) is 37.3 Å². The number of nitrogens with one attached hydrogen (secondary N) is 1. The van der Waals surface area contributed by atoms with Gasteiger partial charge in [-0.1, -0.05) is 52.8 Å². The minimum Gasteiger partial charge on any atom is -0.456 e. The molecule has 2 saturated carbocycles. The Labute approximate surface area is 335 Å². The van der Waals surface area contributed by atoms with E-state index < -0.39 is 112 Å². The molecule has 11 atom stereocenters. The third kappa shape index (κ3) is 6.83. The Morgan fingerprint density at radius 2 is 1.65 bits per heavy atom. The van der Waals surface area contributed by atoms with Crippen molar-refractivity contribution in [2.45, 2.75) is 129 Å². The van der Waals surface area contributed by atoms with Crippen molar-refractivity contribution in [2.24, 2.45) is 22.2 Å². The summed E-state index contributed by atoms with van der Waals surface area (Å²) in [5.74, 6) is -5.73. The van der Waals surface area contributed by atoms with Crippen LogP contribution in [0.15, 0.2) is 53.6 Å². The van der Waals surface area contributed by atoms with Gasteiger partial charge < -0.3 is 44.7 Å². The fourth-order valence-corrected chi connectivity index (χ4v) is 10.4. The standard InChI is InChI=1S/C42H53NO13S/c1-20-15-16-25(57-20)35(49)43-32(38(4,5)6)30(47)37(51)54-24-18-42(52)34(55-36(50)23-13-11-10-12-14-23)31-40(9,33(48)29(46)28(21(24)2)39(42,7)8)26(45)17-27-41(31,19-53-27)56-22(3)44/h10-16,24,26-27,29-32,34,45-47,52H,17-19H2,1-9H3,(H,43,49)/t24-,26-,27?,29+,30+,31-,32+,34-,40+,41-,42+/m0/s1. The molecule has 3 aliphatic carbocycles. The lowest BCUT2D eigenvalue weighted by Crippen LogP contribution is -2.81. The van der Waals surface area contributed by atoms with Crippen LogP contribution in [0.25, 0.3) is 0 Å². The number of benzene rings is 1. The number of carbonyl (C=O) groups is 5. The highest BCUT2D eigenvalue weighted by Gasteiger charge is 2.78. The second kappa shape index (κ2) is 14.7. The number of rotatable bonds is 8. The Kier molecular flexibility index (Phi) is 11.0. The summed E-state index contributed by atoms with van der Waals surface area (Å²) in [5.41, 5.74) is -8.27. The molecule has 1 amide bonds. The summed E-state index contributed by atoms with van der Waals surface area (Å²) < 4.78 is 24.2. The van der Waals surface area contributed by atoms with Crippen LogP contribution in [0.5, 0.6) is 0 Å². The van der Waals surface area contributed by atoms with Gasteiger partial charge in [-0.3, -0.25) is 14.4 Å². The molecule has 15 heteroatoms. The molecule has 1 aliphatic heterocycles. The first kappa shape index (κ1) is 42.6. The number of amides is 1. The normalized spacial score (nSPS) is 34.2. The largest absolute Gasteiger partial charge is 0.456 e. The number of hydrogen-bond acceptors (Lipinski definition) is 14. The van der Waals surface area contributed by atoms with Gasteiger partial charge in [0.05, 0.1) is 40.5 Å². The fourth-order valence-electron chi connectivity index (χ4n) is 9.66. The number of carbonyl (C=O) groups excluding carboxylic acids is 5. The molecule has 0 spiro atoms. The number of esters is 3. The molecule has 1 aromatic carbocycles. The summed E-state index contributed by atoms with van der Waals surface area (Å²) in [6.45, 7) is 14.0. The Balaban J connectivity index is 1.48. The highest BCUT2D eigenvalue weighted by molar-refractivity contribution is 7.13. The number of ketones is 1. The van der Waals surface area contributed by atoms with E-state index in [4.69, 9.17) is 18.9 Å². The Morgan fingerprint density at radius 3 is 2.19 bits per heavy atom. The van der Waals surface area contributed by atoms with Crippen LogP contribution in [-0.2, 0) is 33.3 Å². The van der Waals surface area contributed by atoms with Crippen LogP contribution in [0.2, 0.25) is 0 Å². The summed E-state index contributed by atoms with van der Waals surface area (Å²) >= 11 is 1.25. The van der Waals surface area contributed by atoms with Gasteiger partial charge in [0.15, 0.2) is 17.5 Å². The van der Waals surface area contributed by atoms with Gasteiger partial charge >= 0.3 is 17.9 Å². The summed E-state index contributed by atoms with van der Waals surface area (Å²) in [5, 5.41) is 51.8. The van der Waals surface area contributed by atoms with Gasteiger partial charge in [-0.15, -0.1) is 11.3 Å². The smallest absolute Gasteiger partial charge is 0.338 e. The second-order valence-corrected chi connectivity index (χ2v) is 19.1. The number of aliphatic hydroxyl groups is 4. The van der Waals surface area contributed by atoms with E-state index in [2.05, 4.69) is 5.32 Å². The molecule has 2 bridgehead atoms. The SMILES string of the molecule is CC(=O)O[C@@]12COC1C[C@H](O)[C@@]1(C)C(=O)[C@H](O)C3=C(C)[C@@H](OC(=O)[C@H](O)[C@@H](NC(=O)c4ccc(C)s4)C(C)(C)C)C[C@@](O)([C@@H](OC(=O)c4ccccc4)[C@@H]12)C3(C)C.